The van der Waals surface area contributed by atoms with Gasteiger partial charge in [0.15, 0.2) is 0 Å². The topological polar surface area (TPSA) is 38.9 Å². The average molecular weight is 244 g/mol. The SMILES string of the molecule is NCc1cc(C(F)(F)F)nc(C(F)(F)F)c1. The molecule has 0 aromatic carbocycles. The van der Waals surface area contributed by atoms with Crippen LogP contribution in [0.15, 0.2) is 12.1 Å². The zero-order chi connectivity index (χ0) is 12.6. The predicted octanol–water partition coefficient (Wildman–Crippen LogP) is 2.58. The van der Waals surface area contributed by atoms with Crippen molar-refractivity contribution < 1.29 is 26.3 Å². The van der Waals surface area contributed by atoms with Crippen LogP contribution in [0.3, 0.4) is 0 Å². The molecular weight excluding hydrogens is 238 g/mol. The Balaban J connectivity index is 3.33. The van der Waals surface area contributed by atoms with E-state index in [1.54, 1.807) is 0 Å². The van der Waals surface area contributed by atoms with Crippen LogP contribution in [0.1, 0.15) is 17.0 Å². The van der Waals surface area contributed by atoms with Gasteiger partial charge in [-0.25, -0.2) is 4.98 Å². The van der Waals surface area contributed by atoms with E-state index >= 15 is 0 Å². The largest absolute Gasteiger partial charge is 0.433 e. The molecule has 0 unspecified atom stereocenters. The molecule has 0 radical (unpaired) electrons. The molecule has 1 rings (SSSR count). The molecule has 0 aliphatic carbocycles. The summed E-state index contributed by atoms with van der Waals surface area (Å²) < 4.78 is 73.2. The van der Waals surface area contributed by atoms with Crippen LogP contribution in [0.4, 0.5) is 26.3 Å². The first kappa shape index (κ1) is 12.8. The number of alkyl halides is 6. The molecule has 0 saturated heterocycles. The second kappa shape index (κ2) is 3.93. The molecule has 2 N–H and O–H groups in total. The van der Waals surface area contributed by atoms with Gasteiger partial charge in [-0.15, -0.1) is 0 Å². The van der Waals surface area contributed by atoms with Gasteiger partial charge in [-0.05, 0) is 17.7 Å². The summed E-state index contributed by atoms with van der Waals surface area (Å²) in [6.07, 6.45) is -9.85. The summed E-state index contributed by atoms with van der Waals surface area (Å²) in [7, 11) is 0. The third-order valence-electron chi connectivity index (χ3n) is 1.70. The van der Waals surface area contributed by atoms with Gasteiger partial charge in [-0.2, -0.15) is 26.3 Å². The van der Waals surface area contributed by atoms with Gasteiger partial charge < -0.3 is 5.73 Å². The number of nitrogens with zero attached hydrogens (tertiary/aromatic N) is 1. The van der Waals surface area contributed by atoms with Gasteiger partial charge in [-0.3, -0.25) is 0 Å². The first-order chi connectivity index (χ1) is 7.14. The standard InChI is InChI=1S/C8H6F6N2/c9-7(10,11)5-1-4(3-15)2-6(16-5)8(12,13)14/h1-2H,3,15H2. The fraction of sp³-hybridized carbons (Fsp3) is 0.375. The summed E-state index contributed by atoms with van der Waals surface area (Å²) in [4.78, 5) is 2.52. The molecule has 90 valence electrons. The highest BCUT2D eigenvalue weighted by Crippen LogP contribution is 2.33. The molecule has 0 spiro atoms. The summed E-state index contributed by atoms with van der Waals surface area (Å²) in [6.45, 7) is -0.422. The Morgan fingerprint density at radius 1 is 0.938 bits per heavy atom. The van der Waals surface area contributed by atoms with E-state index in [4.69, 9.17) is 5.73 Å². The van der Waals surface area contributed by atoms with Crippen LogP contribution in [-0.2, 0) is 18.9 Å². The highest BCUT2D eigenvalue weighted by molar-refractivity contribution is 5.24. The molecule has 8 heteroatoms. The first-order valence-corrected chi connectivity index (χ1v) is 4.00. The Morgan fingerprint density at radius 2 is 1.31 bits per heavy atom. The summed E-state index contributed by atoms with van der Waals surface area (Å²) in [5.74, 6) is 0. The number of halogens is 6. The van der Waals surface area contributed by atoms with E-state index in [1.807, 2.05) is 0 Å². The van der Waals surface area contributed by atoms with Crippen LogP contribution in [0.5, 0.6) is 0 Å². The smallest absolute Gasteiger partial charge is 0.326 e. The molecule has 1 aromatic rings. The molecule has 16 heavy (non-hydrogen) atoms. The van der Waals surface area contributed by atoms with E-state index in [0.717, 1.165) is 0 Å². The van der Waals surface area contributed by atoms with Gasteiger partial charge in [-0.1, -0.05) is 0 Å². The Hall–Kier alpha value is -1.31. The Labute approximate surface area is 86.1 Å². The maximum Gasteiger partial charge on any atom is 0.433 e. The molecule has 2 nitrogen and oxygen atoms in total. The zero-order valence-corrected chi connectivity index (χ0v) is 7.65. The third kappa shape index (κ3) is 2.84. The Kier molecular flexibility index (Phi) is 3.13. The third-order valence-corrected chi connectivity index (χ3v) is 1.70. The number of hydrogen-bond donors (Lipinski definition) is 1. The lowest BCUT2D eigenvalue weighted by Crippen LogP contribution is -2.16. The van der Waals surface area contributed by atoms with Crippen LogP contribution >= 0.6 is 0 Å². The summed E-state index contributed by atoms with van der Waals surface area (Å²) in [5.41, 5.74) is 1.55. The molecule has 0 saturated carbocycles. The monoisotopic (exact) mass is 244 g/mol. The van der Waals surface area contributed by atoms with E-state index in [0.29, 0.717) is 12.1 Å². The van der Waals surface area contributed by atoms with Crippen molar-refractivity contribution in [2.24, 2.45) is 5.73 Å². The number of rotatable bonds is 1. The highest BCUT2D eigenvalue weighted by Gasteiger charge is 2.38. The fourth-order valence-electron chi connectivity index (χ4n) is 0.995. The van der Waals surface area contributed by atoms with Crippen LogP contribution < -0.4 is 5.73 Å². The van der Waals surface area contributed by atoms with Gasteiger partial charge in [0.1, 0.15) is 11.4 Å². The van der Waals surface area contributed by atoms with Crippen molar-refractivity contribution in [3.05, 3.63) is 29.1 Å². The number of aromatic nitrogens is 1. The second-order valence-corrected chi connectivity index (χ2v) is 2.95. The lowest BCUT2D eigenvalue weighted by Gasteiger charge is -2.12. The van der Waals surface area contributed by atoms with Crippen molar-refractivity contribution in [1.29, 1.82) is 0 Å². The second-order valence-electron chi connectivity index (χ2n) is 2.95. The minimum absolute atomic E-state index is 0.269. The normalized spacial score (nSPS) is 12.9. The van der Waals surface area contributed by atoms with E-state index in [1.165, 1.54) is 0 Å². The summed E-state index contributed by atoms with van der Waals surface area (Å²) in [5, 5.41) is 0. The number of pyridine rings is 1. The van der Waals surface area contributed by atoms with Gasteiger partial charge in [0, 0.05) is 6.54 Å². The molecule has 1 heterocycles. The molecule has 0 amide bonds. The van der Waals surface area contributed by atoms with Gasteiger partial charge >= 0.3 is 12.4 Å². The van der Waals surface area contributed by atoms with E-state index in [9.17, 15) is 26.3 Å². The van der Waals surface area contributed by atoms with Gasteiger partial charge in [0.05, 0.1) is 0 Å². The van der Waals surface area contributed by atoms with Crippen molar-refractivity contribution in [2.45, 2.75) is 18.9 Å². The maximum absolute atomic E-state index is 12.2. The van der Waals surface area contributed by atoms with Crippen molar-refractivity contribution in [3.8, 4) is 0 Å². The van der Waals surface area contributed by atoms with E-state index in [2.05, 4.69) is 4.98 Å². The lowest BCUT2D eigenvalue weighted by molar-refractivity contribution is -0.150. The van der Waals surface area contributed by atoms with Crippen LogP contribution in [0.25, 0.3) is 0 Å². The predicted molar refractivity (Wildman–Crippen MR) is 42.1 cm³/mol. The molecule has 0 bridgehead atoms. The minimum Gasteiger partial charge on any atom is -0.326 e. The fourth-order valence-corrected chi connectivity index (χ4v) is 0.995. The quantitative estimate of drug-likeness (QED) is 0.771. The molecule has 1 aromatic heterocycles. The zero-order valence-electron chi connectivity index (χ0n) is 7.65. The Morgan fingerprint density at radius 3 is 1.56 bits per heavy atom. The van der Waals surface area contributed by atoms with Gasteiger partial charge in [0.2, 0.25) is 0 Å². The molecular formula is C8H6F6N2. The van der Waals surface area contributed by atoms with Crippen molar-refractivity contribution in [2.75, 3.05) is 0 Å². The van der Waals surface area contributed by atoms with Gasteiger partial charge in [0.25, 0.3) is 0 Å². The van der Waals surface area contributed by atoms with Crippen molar-refractivity contribution in [1.82, 2.24) is 4.98 Å². The van der Waals surface area contributed by atoms with Crippen LogP contribution in [-0.4, -0.2) is 4.98 Å². The number of hydrogen-bond acceptors (Lipinski definition) is 2. The lowest BCUT2D eigenvalue weighted by atomic mass is 10.2. The molecule has 0 aliphatic heterocycles. The minimum atomic E-state index is -4.93. The molecule has 0 atom stereocenters. The highest BCUT2D eigenvalue weighted by atomic mass is 19.4. The summed E-state index contributed by atoms with van der Waals surface area (Å²) in [6, 6.07) is 0.991. The first-order valence-electron chi connectivity index (χ1n) is 4.00. The summed E-state index contributed by atoms with van der Waals surface area (Å²) >= 11 is 0. The van der Waals surface area contributed by atoms with Crippen molar-refractivity contribution >= 4 is 0 Å². The maximum atomic E-state index is 12.2. The van der Waals surface area contributed by atoms with E-state index < -0.39 is 30.3 Å². The number of nitrogens with two attached hydrogens (primary N) is 1. The van der Waals surface area contributed by atoms with E-state index in [-0.39, 0.29) is 5.56 Å². The average Bonchev–Trinajstić information content (AvgIpc) is 2.14. The van der Waals surface area contributed by atoms with Crippen LogP contribution in [0.2, 0.25) is 0 Å². The molecule has 0 aliphatic rings. The van der Waals surface area contributed by atoms with Crippen molar-refractivity contribution in [3.63, 3.8) is 0 Å². The van der Waals surface area contributed by atoms with Crippen LogP contribution in [0, 0.1) is 0 Å². The Bertz CT molecular complexity index is 349. The molecule has 0 fully saturated rings.